The number of rotatable bonds is 1. The van der Waals surface area contributed by atoms with E-state index in [0.717, 1.165) is 59.7 Å². The Hall–Kier alpha value is -3.86. The number of aryl methyl sites for hydroxylation is 1. The number of aromatic nitrogens is 2. The minimum absolute atomic E-state index is 0.206. The summed E-state index contributed by atoms with van der Waals surface area (Å²) in [6.07, 6.45) is 6.68. The lowest BCUT2D eigenvalue weighted by Crippen LogP contribution is -2.35. The Kier molecular flexibility index (Phi) is 3.73. The lowest BCUT2D eigenvalue weighted by atomic mass is 9.87. The van der Waals surface area contributed by atoms with Crippen LogP contribution >= 0.6 is 0 Å². The molecule has 0 bridgehead atoms. The fourth-order valence-corrected chi connectivity index (χ4v) is 6.21. The maximum Gasteiger partial charge on any atom is 0.228 e. The molecule has 4 aliphatic heterocycles. The standard InChI is InChI=1S/C29H24N4O/c1-2-8-18(9-3-1)27-31-29-22(28-30-23-12-4-5-13-24(23)33(27)28)17-20-16-19-10-6-14-32-15-7-11-21(25(19)32)26(20)34-29/h1-5,8-9,12-13,16-17,27H,6-7,10-11,14-15H2. The second-order valence-corrected chi connectivity index (χ2v) is 9.65. The molecule has 1 atom stereocenters. The summed E-state index contributed by atoms with van der Waals surface area (Å²) in [5, 5.41) is 0. The van der Waals surface area contributed by atoms with Crippen molar-refractivity contribution >= 4 is 34.3 Å². The molecular weight excluding hydrogens is 420 g/mol. The SMILES string of the molecule is C1=C2C(=NC(c3ccccc3)n3c2nc2ccccc23)Oc2c1cc1c3c2CCCN3CCC1. The molecule has 0 amide bonds. The first-order valence-corrected chi connectivity index (χ1v) is 12.3. The summed E-state index contributed by atoms with van der Waals surface area (Å²) in [5.74, 6) is 2.62. The minimum Gasteiger partial charge on any atom is -0.438 e. The zero-order valence-corrected chi connectivity index (χ0v) is 18.9. The summed E-state index contributed by atoms with van der Waals surface area (Å²) < 4.78 is 8.97. The molecule has 3 aromatic carbocycles. The van der Waals surface area contributed by atoms with Crippen LogP contribution in [-0.2, 0) is 12.8 Å². The first-order valence-electron chi connectivity index (χ1n) is 12.3. The average molecular weight is 445 g/mol. The second kappa shape index (κ2) is 6.83. The first-order chi connectivity index (χ1) is 16.8. The van der Waals surface area contributed by atoms with E-state index in [0.29, 0.717) is 5.90 Å². The average Bonchev–Trinajstić information content (AvgIpc) is 3.28. The molecule has 166 valence electrons. The van der Waals surface area contributed by atoms with Crippen molar-refractivity contribution in [3.8, 4) is 5.75 Å². The third-order valence-electron chi connectivity index (χ3n) is 7.65. The highest BCUT2D eigenvalue weighted by molar-refractivity contribution is 6.27. The lowest BCUT2D eigenvalue weighted by Gasteiger charge is -2.39. The van der Waals surface area contributed by atoms with E-state index < -0.39 is 0 Å². The van der Waals surface area contributed by atoms with E-state index in [1.807, 2.05) is 12.1 Å². The van der Waals surface area contributed by atoms with Crippen molar-refractivity contribution in [3.63, 3.8) is 0 Å². The molecule has 1 aromatic heterocycles. The van der Waals surface area contributed by atoms with Gasteiger partial charge < -0.3 is 9.64 Å². The zero-order chi connectivity index (χ0) is 22.2. The van der Waals surface area contributed by atoms with Crippen molar-refractivity contribution in [2.75, 3.05) is 18.0 Å². The Morgan fingerprint density at radius 1 is 0.912 bits per heavy atom. The molecule has 4 aliphatic rings. The maximum absolute atomic E-state index is 6.71. The summed E-state index contributed by atoms with van der Waals surface area (Å²) >= 11 is 0. The highest BCUT2D eigenvalue weighted by Gasteiger charge is 2.36. The number of nitrogens with zero attached hydrogens (tertiary/aromatic N) is 4. The van der Waals surface area contributed by atoms with Gasteiger partial charge in [0.1, 0.15) is 11.6 Å². The number of benzene rings is 3. The minimum atomic E-state index is -0.206. The van der Waals surface area contributed by atoms with Gasteiger partial charge in [0, 0.05) is 29.9 Å². The van der Waals surface area contributed by atoms with Crippen molar-refractivity contribution in [3.05, 3.63) is 88.7 Å². The van der Waals surface area contributed by atoms with Crippen LogP contribution in [0.2, 0.25) is 0 Å². The summed E-state index contributed by atoms with van der Waals surface area (Å²) in [7, 11) is 0. The van der Waals surface area contributed by atoms with Gasteiger partial charge in [-0.05, 0) is 61.1 Å². The van der Waals surface area contributed by atoms with E-state index >= 15 is 0 Å². The Bertz CT molecular complexity index is 1540. The maximum atomic E-state index is 6.71. The molecule has 5 heterocycles. The Balaban J connectivity index is 1.39. The number of fused-ring (bicyclic) bond motifs is 7. The van der Waals surface area contributed by atoms with Gasteiger partial charge in [0.15, 0.2) is 6.17 Å². The molecule has 0 N–H and O–H groups in total. The molecule has 5 nitrogen and oxygen atoms in total. The number of ether oxygens (including phenoxy) is 1. The second-order valence-electron chi connectivity index (χ2n) is 9.65. The van der Waals surface area contributed by atoms with Crippen LogP contribution in [-0.4, -0.2) is 28.5 Å². The van der Waals surface area contributed by atoms with Gasteiger partial charge in [-0.3, -0.25) is 4.57 Å². The van der Waals surface area contributed by atoms with Gasteiger partial charge in [-0.15, -0.1) is 0 Å². The van der Waals surface area contributed by atoms with Crippen molar-refractivity contribution in [2.24, 2.45) is 4.99 Å². The van der Waals surface area contributed by atoms with Crippen LogP contribution in [0.15, 0.2) is 65.7 Å². The van der Waals surface area contributed by atoms with Crippen LogP contribution in [0.4, 0.5) is 5.69 Å². The highest BCUT2D eigenvalue weighted by atomic mass is 16.5. The van der Waals surface area contributed by atoms with Crippen LogP contribution in [0.25, 0.3) is 22.7 Å². The fraction of sp³-hybridized carbons (Fsp3) is 0.241. The van der Waals surface area contributed by atoms with Crippen LogP contribution in [0.3, 0.4) is 0 Å². The van der Waals surface area contributed by atoms with Crippen LogP contribution in [0.1, 0.15) is 47.1 Å². The van der Waals surface area contributed by atoms with Gasteiger partial charge in [-0.25, -0.2) is 9.98 Å². The van der Waals surface area contributed by atoms with Crippen LogP contribution < -0.4 is 9.64 Å². The van der Waals surface area contributed by atoms with Crippen molar-refractivity contribution in [1.82, 2.24) is 9.55 Å². The third-order valence-corrected chi connectivity index (χ3v) is 7.65. The molecule has 0 spiro atoms. The summed E-state index contributed by atoms with van der Waals surface area (Å²) in [6, 6.07) is 21.1. The fourth-order valence-electron chi connectivity index (χ4n) is 6.21. The summed E-state index contributed by atoms with van der Waals surface area (Å²) in [6.45, 7) is 2.31. The normalized spacial score (nSPS) is 19.9. The number of hydrogen-bond donors (Lipinski definition) is 0. The van der Waals surface area contributed by atoms with Crippen molar-refractivity contribution in [1.29, 1.82) is 0 Å². The third kappa shape index (κ3) is 2.50. The molecule has 0 fully saturated rings. The molecule has 8 rings (SSSR count). The predicted octanol–water partition coefficient (Wildman–Crippen LogP) is 5.63. The molecule has 4 aromatic rings. The van der Waals surface area contributed by atoms with Crippen LogP contribution in [0, 0.1) is 0 Å². The van der Waals surface area contributed by atoms with E-state index in [2.05, 4.69) is 64.1 Å². The summed E-state index contributed by atoms with van der Waals surface area (Å²) in [5.41, 5.74) is 9.62. The van der Waals surface area contributed by atoms with Crippen molar-refractivity contribution in [2.45, 2.75) is 31.8 Å². The lowest BCUT2D eigenvalue weighted by molar-refractivity contribution is 0.504. The van der Waals surface area contributed by atoms with Gasteiger partial charge in [0.05, 0.1) is 16.6 Å². The molecule has 0 aliphatic carbocycles. The quantitative estimate of drug-likeness (QED) is 0.382. The van der Waals surface area contributed by atoms with Gasteiger partial charge in [-0.1, -0.05) is 42.5 Å². The molecule has 0 radical (unpaired) electrons. The van der Waals surface area contributed by atoms with E-state index in [9.17, 15) is 0 Å². The molecule has 0 saturated carbocycles. The zero-order valence-electron chi connectivity index (χ0n) is 18.9. The highest BCUT2D eigenvalue weighted by Crippen LogP contribution is 2.47. The van der Waals surface area contributed by atoms with Gasteiger partial charge in [0.2, 0.25) is 5.90 Å². The predicted molar refractivity (Wildman–Crippen MR) is 136 cm³/mol. The van der Waals surface area contributed by atoms with Crippen LogP contribution in [0.5, 0.6) is 5.75 Å². The van der Waals surface area contributed by atoms with Gasteiger partial charge in [-0.2, -0.15) is 0 Å². The number of para-hydroxylation sites is 2. The molecule has 0 saturated heterocycles. The Labute approximate surface area is 198 Å². The number of anilines is 1. The molecule has 1 unspecified atom stereocenters. The van der Waals surface area contributed by atoms with E-state index in [4.69, 9.17) is 14.7 Å². The molecular formula is C29H24N4O. The van der Waals surface area contributed by atoms with E-state index in [-0.39, 0.29) is 6.17 Å². The number of aliphatic imine (C=N–C) groups is 1. The Morgan fingerprint density at radius 2 is 1.74 bits per heavy atom. The van der Waals surface area contributed by atoms with Gasteiger partial charge in [0.25, 0.3) is 0 Å². The van der Waals surface area contributed by atoms with E-state index in [1.54, 1.807) is 0 Å². The Morgan fingerprint density at radius 3 is 2.65 bits per heavy atom. The largest absolute Gasteiger partial charge is 0.438 e. The number of hydrogen-bond acceptors (Lipinski definition) is 4. The van der Waals surface area contributed by atoms with Gasteiger partial charge >= 0.3 is 0 Å². The smallest absolute Gasteiger partial charge is 0.228 e. The molecule has 5 heteroatoms. The van der Waals surface area contributed by atoms with Crippen molar-refractivity contribution < 1.29 is 4.74 Å². The summed E-state index contributed by atoms with van der Waals surface area (Å²) in [4.78, 5) is 12.8. The first kappa shape index (κ1) is 18.6. The monoisotopic (exact) mass is 444 g/mol. The van der Waals surface area contributed by atoms with E-state index in [1.165, 1.54) is 35.2 Å². The molecule has 34 heavy (non-hydrogen) atoms. The number of imidazole rings is 1. The topological polar surface area (TPSA) is 42.6 Å².